The first kappa shape index (κ1) is 15.2. The molecule has 0 aromatic carbocycles. The summed E-state index contributed by atoms with van der Waals surface area (Å²) in [5, 5.41) is 0. The number of carbonyl (C=O) groups is 2. The molecule has 3 nitrogen and oxygen atoms in total. The summed E-state index contributed by atoms with van der Waals surface area (Å²) < 4.78 is 6.02. The van der Waals surface area contributed by atoms with Gasteiger partial charge >= 0.3 is 0 Å². The molecule has 0 saturated heterocycles. The highest BCUT2D eigenvalue weighted by Gasteiger charge is 2.41. The standard InChI is InChI=1S/C16H24O3Si/c1-10(2)13-9-15(17)12-7-6-11(19-20(3,4)5)8-14(12)16(13)18/h6,9-10,12,14H,7-8H2,1-5H3. The molecule has 0 heterocycles. The molecule has 2 aliphatic rings. The zero-order valence-corrected chi connectivity index (χ0v) is 14.0. The molecule has 2 rings (SSSR count). The monoisotopic (exact) mass is 292 g/mol. The van der Waals surface area contributed by atoms with Crippen molar-refractivity contribution in [2.24, 2.45) is 17.8 Å². The summed E-state index contributed by atoms with van der Waals surface area (Å²) in [5.74, 6) is 0.910. The molecule has 0 bridgehead atoms. The van der Waals surface area contributed by atoms with Crippen LogP contribution in [-0.4, -0.2) is 19.9 Å². The van der Waals surface area contributed by atoms with Crippen LogP contribution in [0.4, 0.5) is 0 Å². The molecular formula is C16H24O3Si. The van der Waals surface area contributed by atoms with Crippen molar-refractivity contribution < 1.29 is 14.0 Å². The molecule has 0 amide bonds. The van der Waals surface area contributed by atoms with Crippen LogP contribution in [0.25, 0.3) is 0 Å². The highest BCUT2D eigenvalue weighted by Crippen LogP contribution is 2.38. The number of Topliss-reactive ketones (excluding diaryl/α,β-unsaturated/α-hetero) is 1. The number of hydrogen-bond acceptors (Lipinski definition) is 3. The second-order valence-electron chi connectivity index (χ2n) is 7.06. The van der Waals surface area contributed by atoms with E-state index in [0.717, 1.165) is 5.76 Å². The van der Waals surface area contributed by atoms with Gasteiger partial charge in [0.15, 0.2) is 11.6 Å². The first-order valence-corrected chi connectivity index (χ1v) is 10.8. The molecule has 2 aliphatic carbocycles. The van der Waals surface area contributed by atoms with Crippen molar-refractivity contribution in [3.63, 3.8) is 0 Å². The molecule has 0 N–H and O–H groups in total. The fourth-order valence-electron chi connectivity index (χ4n) is 2.93. The maximum Gasteiger partial charge on any atom is 0.241 e. The van der Waals surface area contributed by atoms with Gasteiger partial charge in [-0.05, 0) is 44.1 Å². The van der Waals surface area contributed by atoms with Crippen LogP contribution in [0.2, 0.25) is 19.6 Å². The van der Waals surface area contributed by atoms with Gasteiger partial charge in [0.1, 0.15) is 0 Å². The van der Waals surface area contributed by atoms with Gasteiger partial charge in [-0.3, -0.25) is 9.59 Å². The number of carbonyl (C=O) groups excluding carboxylic acids is 2. The van der Waals surface area contributed by atoms with Gasteiger partial charge in [0.25, 0.3) is 0 Å². The molecule has 0 aliphatic heterocycles. The topological polar surface area (TPSA) is 43.4 Å². The van der Waals surface area contributed by atoms with Crippen LogP contribution < -0.4 is 0 Å². The van der Waals surface area contributed by atoms with E-state index in [1.54, 1.807) is 6.08 Å². The summed E-state index contributed by atoms with van der Waals surface area (Å²) in [6.45, 7) is 10.3. The van der Waals surface area contributed by atoms with E-state index in [1.165, 1.54) is 0 Å². The fraction of sp³-hybridized carbons (Fsp3) is 0.625. The minimum Gasteiger partial charge on any atom is -0.548 e. The number of ketones is 2. The van der Waals surface area contributed by atoms with E-state index in [0.29, 0.717) is 18.4 Å². The molecule has 0 saturated carbocycles. The first-order valence-electron chi connectivity index (χ1n) is 7.36. The third kappa shape index (κ3) is 3.11. The molecule has 0 fully saturated rings. The molecular weight excluding hydrogens is 268 g/mol. The summed E-state index contributed by atoms with van der Waals surface area (Å²) in [5.41, 5.74) is 0.686. The highest BCUT2D eigenvalue weighted by molar-refractivity contribution is 6.70. The van der Waals surface area contributed by atoms with E-state index in [1.807, 2.05) is 19.9 Å². The Bertz CT molecular complexity index is 494. The van der Waals surface area contributed by atoms with E-state index in [2.05, 4.69) is 19.6 Å². The lowest BCUT2D eigenvalue weighted by Crippen LogP contribution is -2.39. The van der Waals surface area contributed by atoms with Crippen LogP contribution in [0.3, 0.4) is 0 Å². The van der Waals surface area contributed by atoms with E-state index in [4.69, 9.17) is 4.43 Å². The number of rotatable bonds is 3. The molecule has 2 unspecified atom stereocenters. The van der Waals surface area contributed by atoms with Crippen LogP contribution in [0.1, 0.15) is 26.7 Å². The predicted molar refractivity (Wildman–Crippen MR) is 81.7 cm³/mol. The molecule has 4 heteroatoms. The Labute approximate surface area is 122 Å². The van der Waals surface area contributed by atoms with Gasteiger partial charge in [-0.25, -0.2) is 0 Å². The molecule has 0 radical (unpaired) electrons. The Morgan fingerprint density at radius 3 is 2.40 bits per heavy atom. The summed E-state index contributed by atoms with van der Waals surface area (Å²) in [7, 11) is -1.66. The number of fused-ring (bicyclic) bond motifs is 1. The quantitative estimate of drug-likeness (QED) is 0.748. The molecule has 20 heavy (non-hydrogen) atoms. The van der Waals surface area contributed by atoms with Gasteiger partial charge in [0, 0.05) is 23.8 Å². The molecule has 110 valence electrons. The van der Waals surface area contributed by atoms with Crippen molar-refractivity contribution in [1.82, 2.24) is 0 Å². The van der Waals surface area contributed by atoms with Crippen molar-refractivity contribution >= 4 is 19.9 Å². The van der Waals surface area contributed by atoms with Crippen molar-refractivity contribution in [2.75, 3.05) is 0 Å². The van der Waals surface area contributed by atoms with Gasteiger partial charge < -0.3 is 4.43 Å². The molecule has 0 aromatic heterocycles. The minimum atomic E-state index is -1.66. The lowest BCUT2D eigenvalue weighted by molar-refractivity contribution is -0.130. The summed E-state index contributed by atoms with van der Waals surface area (Å²) in [4.78, 5) is 24.8. The Morgan fingerprint density at radius 2 is 1.85 bits per heavy atom. The number of allylic oxidation sites excluding steroid dienone is 4. The van der Waals surface area contributed by atoms with Crippen LogP contribution in [0, 0.1) is 17.8 Å². The maximum absolute atomic E-state index is 12.6. The van der Waals surface area contributed by atoms with Crippen molar-refractivity contribution in [2.45, 2.75) is 46.3 Å². The van der Waals surface area contributed by atoms with Gasteiger partial charge in [0.2, 0.25) is 8.32 Å². The van der Waals surface area contributed by atoms with Gasteiger partial charge in [-0.2, -0.15) is 0 Å². The van der Waals surface area contributed by atoms with E-state index in [-0.39, 0.29) is 29.3 Å². The second kappa shape index (κ2) is 5.32. The first-order chi connectivity index (χ1) is 9.19. The maximum atomic E-state index is 12.6. The second-order valence-corrected chi connectivity index (χ2v) is 11.5. The Balaban J connectivity index is 2.22. The Hall–Kier alpha value is -1.16. The van der Waals surface area contributed by atoms with Crippen LogP contribution in [0.5, 0.6) is 0 Å². The zero-order valence-electron chi connectivity index (χ0n) is 13.0. The van der Waals surface area contributed by atoms with Crippen LogP contribution in [-0.2, 0) is 14.0 Å². The lowest BCUT2D eigenvalue weighted by atomic mass is 9.70. The highest BCUT2D eigenvalue weighted by atomic mass is 28.4. The summed E-state index contributed by atoms with van der Waals surface area (Å²) in [6, 6.07) is 0. The normalized spacial score (nSPS) is 27.1. The summed E-state index contributed by atoms with van der Waals surface area (Å²) >= 11 is 0. The molecule has 2 atom stereocenters. The van der Waals surface area contributed by atoms with E-state index in [9.17, 15) is 9.59 Å². The lowest BCUT2D eigenvalue weighted by Gasteiger charge is -2.35. The van der Waals surface area contributed by atoms with Crippen molar-refractivity contribution in [3.8, 4) is 0 Å². The van der Waals surface area contributed by atoms with Crippen molar-refractivity contribution in [1.29, 1.82) is 0 Å². The van der Waals surface area contributed by atoms with E-state index < -0.39 is 8.32 Å². The average Bonchev–Trinajstić information content (AvgIpc) is 2.31. The van der Waals surface area contributed by atoms with Crippen molar-refractivity contribution in [3.05, 3.63) is 23.5 Å². The largest absolute Gasteiger partial charge is 0.548 e. The predicted octanol–water partition coefficient (Wildman–Crippen LogP) is 3.48. The van der Waals surface area contributed by atoms with Crippen LogP contribution in [0.15, 0.2) is 23.5 Å². The summed E-state index contributed by atoms with van der Waals surface area (Å²) in [6.07, 6.45) is 4.81. The molecule has 0 aromatic rings. The van der Waals surface area contributed by atoms with Gasteiger partial charge in [-0.1, -0.05) is 13.8 Å². The van der Waals surface area contributed by atoms with Gasteiger partial charge in [0.05, 0.1) is 5.76 Å². The zero-order chi connectivity index (χ0) is 15.1. The Morgan fingerprint density at radius 1 is 1.20 bits per heavy atom. The Kier molecular flexibility index (Phi) is 4.05. The van der Waals surface area contributed by atoms with Crippen LogP contribution >= 0.6 is 0 Å². The number of hydrogen-bond donors (Lipinski definition) is 0. The third-order valence-corrected chi connectivity index (χ3v) is 4.72. The SMILES string of the molecule is CC(C)C1=CC(=O)C2CC=C(O[Si](C)(C)C)CC2C1=O. The smallest absolute Gasteiger partial charge is 0.241 e. The fourth-order valence-corrected chi connectivity index (χ4v) is 3.88. The van der Waals surface area contributed by atoms with Gasteiger partial charge in [-0.15, -0.1) is 0 Å². The molecule has 0 spiro atoms. The minimum absolute atomic E-state index is 0.111. The third-order valence-electron chi connectivity index (χ3n) is 3.85. The average molecular weight is 292 g/mol. The van der Waals surface area contributed by atoms with E-state index >= 15 is 0 Å².